The van der Waals surface area contributed by atoms with Gasteiger partial charge in [0, 0.05) is 26.2 Å². The molecule has 1 aliphatic rings. The zero-order valence-electron chi connectivity index (χ0n) is 6.59. The summed E-state index contributed by atoms with van der Waals surface area (Å²) in [6, 6.07) is 0. The normalized spacial score (nSPS) is 16.2. The van der Waals surface area contributed by atoms with Gasteiger partial charge in [-0.3, -0.25) is 0 Å². The van der Waals surface area contributed by atoms with Gasteiger partial charge in [0.05, 0.1) is 0 Å². The molecule has 3 nitrogen and oxygen atoms in total. The van der Waals surface area contributed by atoms with Crippen molar-refractivity contribution in [3.63, 3.8) is 0 Å². The van der Waals surface area contributed by atoms with Crippen LogP contribution in [0.1, 0.15) is 0 Å². The van der Waals surface area contributed by atoms with E-state index in [9.17, 15) is 0 Å². The van der Waals surface area contributed by atoms with Crippen LogP contribution in [0.5, 0.6) is 0 Å². The zero-order chi connectivity index (χ0) is 6.69. The molecule has 1 rings (SSSR count). The average molecular weight is 218 g/mol. The molecule has 1 saturated heterocycles. The van der Waals surface area contributed by atoms with Crippen LogP contribution in [-0.2, 0) is 12.6 Å². The van der Waals surface area contributed by atoms with Crippen LogP contribution in [0.2, 0.25) is 0 Å². The Balaban J connectivity index is 0. The van der Waals surface area contributed by atoms with Gasteiger partial charge in [-0.15, -0.1) is 0 Å². The summed E-state index contributed by atoms with van der Waals surface area (Å²) in [6.45, 7) is 3.97. The summed E-state index contributed by atoms with van der Waals surface area (Å²) in [6.07, 6.45) is 0. The number of nitrogens with one attached hydrogen (secondary N) is 1. The van der Waals surface area contributed by atoms with Gasteiger partial charge in [-0.25, -0.2) is 0 Å². The Labute approximate surface area is 120 Å². The molecule has 0 aromatic rings. The fourth-order valence-corrected chi connectivity index (χ4v) is 1.21. The Hall–Kier alpha value is 1.67. The van der Waals surface area contributed by atoms with Gasteiger partial charge in [0.25, 0.3) is 0 Å². The SMILES string of the molecule is O.S=C([S-])N1CCNCC1.[K+]. The summed E-state index contributed by atoms with van der Waals surface area (Å²) >= 11 is 9.66. The van der Waals surface area contributed by atoms with Crippen molar-refractivity contribution >= 4 is 29.2 Å². The van der Waals surface area contributed by atoms with Crippen LogP contribution in [-0.4, -0.2) is 40.9 Å². The van der Waals surface area contributed by atoms with Crippen LogP contribution >= 0.6 is 12.2 Å². The minimum Gasteiger partial charge on any atom is -0.412 e. The predicted octanol–water partition coefficient (Wildman–Crippen LogP) is -4.10. The Morgan fingerprint density at radius 1 is 1.36 bits per heavy atom. The molecule has 0 bridgehead atoms. The fraction of sp³-hybridized carbons (Fsp3) is 0.800. The van der Waals surface area contributed by atoms with Crippen molar-refractivity contribution in [2.24, 2.45) is 0 Å². The zero-order valence-corrected chi connectivity index (χ0v) is 11.3. The van der Waals surface area contributed by atoms with Crippen molar-refractivity contribution in [2.45, 2.75) is 0 Å². The molecule has 0 aliphatic carbocycles. The molecule has 0 aromatic carbocycles. The molecule has 6 heteroatoms. The van der Waals surface area contributed by atoms with E-state index in [1.165, 1.54) is 0 Å². The third-order valence-electron chi connectivity index (χ3n) is 1.38. The van der Waals surface area contributed by atoms with Crippen LogP contribution in [0, 0.1) is 0 Å². The third kappa shape index (κ3) is 5.84. The topological polar surface area (TPSA) is 46.8 Å². The minimum atomic E-state index is 0. The van der Waals surface area contributed by atoms with E-state index in [4.69, 9.17) is 24.8 Å². The molecule has 1 aliphatic heterocycles. The molecule has 0 spiro atoms. The molecule has 1 fully saturated rings. The second-order valence-electron chi connectivity index (χ2n) is 2.00. The Bertz CT molecular complexity index is 119. The predicted molar refractivity (Wildman–Crippen MR) is 48.0 cm³/mol. The Kier molecular flexibility index (Phi) is 11.4. The van der Waals surface area contributed by atoms with Crippen molar-refractivity contribution in [3.05, 3.63) is 0 Å². The van der Waals surface area contributed by atoms with Crippen molar-refractivity contribution in [2.75, 3.05) is 26.2 Å². The standard InChI is InChI=1S/C5H10N2S2.K.H2O/c8-5(9)7-3-1-6-2-4-7;;/h6H,1-4H2,(H,8,9);;1H2/q;+1;/p-1. The van der Waals surface area contributed by atoms with Crippen LogP contribution < -0.4 is 56.7 Å². The second-order valence-corrected chi connectivity index (χ2v) is 3.03. The smallest absolute Gasteiger partial charge is 0.412 e. The van der Waals surface area contributed by atoms with Crippen molar-refractivity contribution < 1.29 is 56.9 Å². The van der Waals surface area contributed by atoms with Gasteiger partial charge in [-0.2, -0.15) is 0 Å². The molecule has 3 N–H and O–H groups in total. The first kappa shape index (κ1) is 15.2. The van der Waals surface area contributed by atoms with E-state index >= 15 is 0 Å². The van der Waals surface area contributed by atoms with Crippen molar-refractivity contribution in [3.8, 4) is 0 Å². The molecule has 1 heterocycles. The summed E-state index contributed by atoms with van der Waals surface area (Å²) in [5, 5.41) is 3.22. The summed E-state index contributed by atoms with van der Waals surface area (Å²) in [5.74, 6) is 0. The average Bonchev–Trinajstić information content (AvgIpc) is 1.90. The molecule has 60 valence electrons. The molecule has 0 saturated carbocycles. The maximum atomic E-state index is 4.83. The van der Waals surface area contributed by atoms with E-state index in [0.717, 1.165) is 26.2 Å². The number of hydrogen-bond acceptors (Lipinski definition) is 3. The number of nitrogens with zero attached hydrogens (tertiary/aromatic N) is 1. The van der Waals surface area contributed by atoms with Gasteiger partial charge in [0.2, 0.25) is 0 Å². The van der Waals surface area contributed by atoms with Crippen molar-refractivity contribution in [1.82, 2.24) is 10.2 Å². The van der Waals surface area contributed by atoms with Gasteiger partial charge in [0.15, 0.2) is 0 Å². The third-order valence-corrected chi connectivity index (χ3v) is 1.89. The van der Waals surface area contributed by atoms with Gasteiger partial charge >= 0.3 is 51.4 Å². The first-order chi connectivity index (χ1) is 4.30. The molecular weight excluding hydrogens is 207 g/mol. The molecule has 0 amide bonds. The maximum Gasteiger partial charge on any atom is 1.00 e. The summed E-state index contributed by atoms with van der Waals surface area (Å²) in [4.78, 5) is 2.04. The number of rotatable bonds is 0. The van der Waals surface area contributed by atoms with E-state index in [1.54, 1.807) is 0 Å². The van der Waals surface area contributed by atoms with Gasteiger partial charge < -0.3 is 40.5 Å². The first-order valence-electron chi connectivity index (χ1n) is 2.97. The summed E-state index contributed by atoms with van der Waals surface area (Å²) in [7, 11) is 0. The van der Waals surface area contributed by atoms with E-state index in [-0.39, 0.29) is 56.9 Å². The minimum absolute atomic E-state index is 0. The van der Waals surface area contributed by atoms with E-state index in [1.807, 2.05) is 4.90 Å². The van der Waals surface area contributed by atoms with Crippen LogP contribution in [0.25, 0.3) is 0 Å². The summed E-state index contributed by atoms with van der Waals surface area (Å²) < 4.78 is 0.608. The number of piperazine rings is 1. The number of thiocarbonyl (C=S) groups is 1. The van der Waals surface area contributed by atoms with E-state index < -0.39 is 0 Å². The Morgan fingerprint density at radius 3 is 2.09 bits per heavy atom. The maximum absolute atomic E-state index is 4.83. The van der Waals surface area contributed by atoms with Crippen LogP contribution in [0.4, 0.5) is 0 Å². The summed E-state index contributed by atoms with van der Waals surface area (Å²) in [5.41, 5.74) is 0. The van der Waals surface area contributed by atoms with E-state index in [2.05, 4.69) is 5.32 Å². The monoisotopic (exact) mass is 218 g/mol. The van der Waals surface area contributed by atoms with E-state index in [0.29, 0.717) is 4.32 Å². The van der Waals surface area contributed by atoms with Gasteiger partial charge in [-0.05, 0) is 0 Å². The van der Waals surface area contributed by atoms with Crippen LogP contribution in [0.15, 0.2) is 0 Å². The first-order valence-corrected chi connectivity index (χ1v) is 3.79. The van der Waals surface area contributed by atoms with Gasteiger partial charge in [-0.1, -0.05) is 4.32 Å². The Morgan fingerprint density at radius 2 is 1.82 bits per heavy atom. The quantitative estimate of drug-likeness (QED) is 0.255. The molecule has 11 heavy (non-hydrogen) atoms. The second kappa shape index (κ2) is 8.27. The van der Waals surface area contributed by atoms with Crippen molar-refractivity contribution in [1.29, 1.82) is 0 Å². The number of hydrogen-bond donors (Lipinski definition) is 1. The molecule has 0 radical (unpaired) electrons. The molecule has 0 unspecified atom stereocenters. The largest absolute Gasteiger partial charge is 1.00 e. The molecule has 0 atom stereocenters. The fourth-order valence-electron chi connectivity index (χ4n) is 0.847. The molecular formula is C5H11KN2OS2. The van der Waals surface area contributed by atoms with Gasteiger partial charge in [0.1, 0.15) is 0 Å². The van der Waals surface area contributed by atoms with Crippen LogP contribution in [0.3, 0.4) is 0 Å². The molecule has 0 aromatic heterocycles.